The van der Waals surface area contributed by atoms with Crippen molar-refractivity contribution in [1.29, 1.82) is 0 Å². The molecule has 0 radical (unpaired) electrons. The summed E-state index contributed by atoms with van der Waals surface area (Å²) in [6.45, 7) is 0. The van der Waals surface area contributed by atoms with E-state index < -0.39 is 17.7 Å². The van der Waals surface area contributed by atoms with E-state index in [2.05, 4.69) is 5.32 Å². The van der Waals surface area contributed by atoms with Crippen LogP contribution in [0.5, 0.6) is 0 Å². The molecule has 2 nitrogen and oxygen atoms in total. The van der Waals surface area contributed by atoms with Crippen molar-refractivity contribution < 1.29 is 18.0 Å². The zero-order valence-corrected chi connectivity index (χ0v) is 13.0. The highest BCUT2D eigenvalue weighted by atomic mass is 35.5. The summed E-state index contributed by atoms with van der Waals surface area (Å²) in [6.07, 6.45) is -4.18. The first-order chi connectivity index (χ1) is 10.8. The summed E-state index contributed by atoms with van der Waals surface area (Å²) in [4.78, 5) is 11.9. The Morgan fingerprint density at radius 1 is 1.04 bits per heavy atom. The molecule has 0 spiro atoms. The fraction of sp³-hybridized carbons (Fsp3) is 0.0625. The number of hydrogen-bond acceptors (Lipinski definition) is 1. The van der Waals surface area contributed by atoms with Crippen molar-refractivity contribution in [2.45, 2.75) is 6.18 Å². The number of rotatable bonds is 3. The van der Waals surface area contributed by atoms with E-state index in [0.717, 1.165) is 0 Å². The van der Waals surface area contributed by atoms with Crippen molar-refractivity contribution in [2.24, 2.45) is 0 Å². The summed E-state index contributed by atoms with van der Waals surface area (Å²) in [5.41, 5.74) is -1.02. The zero-order chi connectivity index (χ0) is 17.0. The van der Waals surface area contributed by atoms with Gasteiger partial charge in [0.15, 0.2) is 0 Å². The van der Waals surface area contributed by atoms with Crippen LogP contribution in [0.3, 0.4) is 0 Å². The third-order valence-corrected chi connectivity index (χ3v) is 3.42. The van der Waals surface area contributed by atoms with Crippen LogP contribution in [0.4, 0.5) is 18.9 Å². The molecule has 1 amide bonds. The summed E-state index contributed by atoms with van der Waals surface area (Å²) in [5.74, 6) is -0.953. The Hall–Kier alpha value is -1.98. The minimum absolute atomic E-state index is 0.104. The first kappa shape index (κ1) is 17.4. The highest BCUT2D eigenvalue weighted by molar-refractivity contribution is 6.35. The third-order valence-electron chi connectivity index (χ3n) is 2.85. The van der Waals surface area contributed by atoms with Gasteiger partial charge in [0.1, 0.15) is 0 Å². The number of carbonyl (C=O) groups is 1. The number of alkyl halides is 3. The number of halogens is 5. The van der Waals surface area contributed by atoms with Crippen molar-refractivity contribution in [2.75, 3.05) is 5.32 Å². The monoisotopic (exact) mass is 359 g/mol. The van der Waals surface area contributed by atoms with Crippen LogP contribution in [-0.2, 0) is 4.79 Å². The molecule has 0 fully saturated rings. The average Bonchev–Trinajstić information content (AvgIpc) is 2.48. The normalized spacial score (nSPS) is 12.1. The second kappa shape index (κ2) is 7.06. The number of amides is 1. The molecule has 0 aliphatic carbocycles. The third kappa shape index (κ3) is 4.74. The molecule has 2 rings (SSSR count). The van der Waals surface area contributed by atoms with Gasteiger partial charge in [-0.1, -0.05) is 53.5 Å². The molecule has 0 unspecified atom stereocenters. The van der Waals surface area contributed by atoms with E-state index >= 15 is 0 Å². The molecule has 0 heterocycles. The van der Waals surface area contributed by atoms with Crippen LogP contribution in [0.2, 0.25) is 10.0 Å². The molecule has 120 valence electrons. The quantitative estimate of drug-likeness (QED) is 0.712. The molecule has 0 aromatic heterocycles. The molecule has 23 heavy (non-hydrogen) atoms. The molecular weight excluding hydrogens is 350 g/mol. The van der Waals surface area contributed by atoms with Gasteiger partial charge in [-0.2, -0.15) is 13.2 Å². The number of carbonyl (C=O) groups excluding carboxylic acids is 1. The van der Waals surface area contributed by atoms with E-state index in [4.69, 9.17) is 23.2 Å². The molecule has 0 atom stereocenters. The predicted molar refractivity (Wildman–Crippen MR) is 85.6 cm³/mol. The summed E-state index contributed by atoms with van der Waals surface area (Å²) in [5, 5.41) is 2.76. The van der Waals surface area contributed by atoms with E-state index in [9.17, 15) is 18.0 Å². The van der Waals surface area contributed by atoms with Crippen molar-refractivity contribution in [3.05, 3.63) is 70.2 Å². The largest absolute Gasteiger partial charge is 0.417 e. The number of anilines is 1. The van der Waals surface area contributed by atoms with Gasteiger partial charge in [-0.25, -0.2) is 0 Å². The van der Waals surface area contributed by atoms with Crippen LogP contribution < -0.4 is 5.32 Å². The zero-order valence-electron chi connectivity index (χ0n) is 11.5. The van der Waals surface area contributed by atoms with Crippen LogP contribution >= 0.6 is 23.2 Å². The summed E-state index contributed by atoms with van der Waals surface area (Å²) in [7, 11) is 0. The average molecular weight is 360 g/mol. The first-order valence-electron chi connectivity index (χ1n) is 6.38. The first-order valence-corrected chi connectivity index (χ1v) is 7.13. The van der Waals surface area contributed by atoms with Crippen molar-refractivity contribution in [3.63, 3.8) is 0 Å². The Bertz CT molecular complexity index is 743. The van der Waals surface area contributed by atoms with Gasteiger partial charge in [-0.3, -0.25) is 4.79 Å². The van der Waals surface area contributed by atoms with Gasteiger partial charge < -0.3 is 5.32 Å². The summed E-state index contributed by atoms with van der Waals surface area (Å²) in [6, 6.07) is 11.3. The maximum Gasteiger partial charge on any atom is 0.417 e. The standard InChI is InChI=1S/C16H10Cl2F3NO/c17-11-6-7-13(18)14(8-11)22-15(23)9-12(16(19,20)21)10-4-2-1-3-5-10/h1-9H,(H,22,23)/b12-9-. The van der Waals surface area contributed by atoms with Gasteiger partial charge in [0.05, 0.1) is 16.3 Å². The molecule has 1 N–H and O–H groups in total. The van der Waals surface area contributed by atoms with Crippen LogP contribution in [0.15, 0.2) is 54.6 Å². The lowest BCUT2D eigenvalue weighted by Gasteiger charge is -2.12. The minimum Gasteiger partial charge on any atom is -0.321 e. The Kier molecular flexibility index (Phi) is 5.34. The second-order valence-electron chi connectivity index (χ2n) is 4.54. The Morgan fingerprint density at radius 2 is 1.70 bits per heavy atom. The maximum absolute atomic E-state index is 13.2. The van der Waals surface area contributed by atoms with Gasteiger partial charge in [0.2, 0.25) is 5.91 Å². The molecule has 0 saturated carbocycles. The Balaban J connectivity index is 2.32. The minimum atomic E-state index is -4.67. The van der Waals surface area contributed by atoms with E-state index in [0.29, 0.717) is 11.1 Å². The second-order valence-corrected chi connectivity index (χ2v) is 5.38. The Labute approximate surface area is 140 Å². The number of nitrogens with one attached hydrogen (secondary N) is 1. The SMILES string of the molecule is O=C(/C=C(/c1ccccc1)C(F)(F)F)Nc1cc(Cl)ccc1Cl. The molecule has 7 heteroatoms. The maximum atomic E-state index is 13.2. The molecule has 2 aromatic rings. The van der Waals surface area contributed by atoms with Gasteiger partial charge in [0, 0.05) is 11.1 Å². The van der Waals surface area contributed by atoms with Crippen LogP contribution in [0, 0.1) is 0 Å². The lowest BCUT2D eigenvalue weighted by atomic mass is 10.1. The van der Waals surface area contributed by atoms with Crippen LogP contribution in [-0.4, -0.2) is 12.1 Å². The summed E-state index contributed by atoms with van der Waals surface area (Å²) < 4.78 is 39.5. The topological polar surface area (TPSA) is 29.1 Å². The van der Waals surface area contributed by atoms with Crippen molar-refractivity contribution in [1.82, 2.24) is 0 Å². The summed E-state index contributed by atoms with van der Waals surface area (Å²) >= 11 is 11.6. The molecule has 0 saturated heterocycles. The fourth-order valence-electron chi connectivity index (χ4n) is 1.84. The lowest BCUT2D eigenvalue weighted by Crippen LogP contribution is -2.16. The predicted octanol–water partition coefficient (Wildman–Crippen LogP) is 5.58. The van der Waals surface area contributed by atoms with E-state index in [1.54, 1.807) is 6.07 Å². The van der Waals surface area contributed by atoms with Gasteiger partial charge in [-0.05, 0) is 23.8 Å². The highest BCUT2D eigenvalue weighted by Crippen LogP contribution is 2.34. The van der Waals surface area contributed by atoms with Gasteiger partial charge in [0.25, 0.3) is 0 Å². The molecule has 0 aliphatic heterocycles. The van der Waals surface area contributed by atoms with Gasteiger partial charge >= 0.3 is 6.18 Å². The molecule has 0 bridgehead atoms. The van der Waals surface area contributed by atoms with E-state index in [1.807, 2.05) is 0 Å². The highest BCUT2D eigenvalue weighted by Gasteiger charge is 2.35. The smallest absolute Gasteiger partial charge is 0.321 e. The molecular formula is C16H10Cl2F3NO. The number of benzene rings is 2. The van der Waals surface area contributed by atoms with Crippen LogP contribution in [0.25, 0.3) is 5.57 Å². The van der Waals surface area contributed by atoms with Crippen molar-refractivity contribution in [3.8, 4) is 0 Å². The van der Waals surface area contributed by atoms with E-state index in [1.165, 1.54) is 42.5 Å². The van der Waals surface area contributed by atoms with Crippen molar-refractivity contribution >= 4 is 40.4 Å². The van der Waals surface area contributed by atoms with Gasteiger partial charge in [-0.15, -0.1) is 0 Å². The van der Waals surface area contributed by atoms with E-state index in [-0.39, 0.29) is 16.3 Å². The molecule has 2 aromatic carbocycles. The molecule has 0 aliphatic rings. The lowest BCUT2D eigenvalue weighted by molar-refractivity contribution is -0.112. The number of hydrogen-bond donors (Lipinski definition) is 1. The Morgan fingerprint density at radius 3 is 2.30 bits per heavy atom. The fourth-order valence-corrected chi connectivity index (χ4v) is 2.18. The van der Waals surface area contributed by atoms with Crippen LogP contribution in [0.1, 0.15) is 5.56 Å². The number of allylic oxidation sites excluding steroid dienone is 1.